The van der Waals surface area contributed by atoms with E-state index in [0.717, 1.165) is 17.8 Å². The Morgan fingerprint density at radius 1 is 0.805 bits per heavy atom. The van der Waals surface area contributed by atoms with E-state index in [0.29, 0.717) is 75.4 Å². The molecule has 11 nitrogen and oxygen atoms in total. The highest BCUT2D eigenvalue weighted by atomic mass is 16.5. The molecule has 0 bridgehead atoms. The molecule has 0 saturated heterocycles. The average molecular weight is 563 g/mol. The van der Waals surface area contributed by atoms with Gasteiger partial charge in [0.25, 0.3) is 5.91 Å². The molecule has 220 valence electrons. The Hall–Kier alpha value is -3.80. The van der Waals surface area contributed by atoms with Gasteiger partial charge in [-0.15, -0.1) is 0 Å². The largest absolute Gasteiger partial charge is 0.378 e. The molecule has 0 radical (unpaired) electrons. The van der Waals surface area contributed by atoms with E-state index in [2.05, 4.69) is 48.4 Å². The first-order chi connectivity index (χ1) is 20.2. The highest BCUT2D eigenvalue weighted by Gasteiger charge is 2.15. The number of nitrogens with zero attached hydrogens (tertiary/aromatic N) is 3. The maximum Gasteiger partial charge on any atom is 0.251 e. The minimum atomic E-state index is -0.165. The van der Waals surface area contributed by atoms with Crippen molar-refractivity contribution in [2.24, 2.45) is 11.7 Å². The summed E-state index contributed by atoms with van der Waals surface area (Å²) in [4.78, 5) is 26.3. The molecule has 1 aliphatic rings. The van der Waals surface area contributed by atoms with Crippen LogP contribution in [0, 0.1) is 5.92 Å². The molecule has 0 atom stereocenters. The summed E-state index contributed by atoms with van der Waals surface area (Å²) >= 11 is 0. The van der Waals surface area contributed by atoms with Crippen molar-refractivity contribution in [1.29, 1.82) is 0 Å². The number of aromatic nitrogens is 3. The maximum absolute atomic E-state index is 12.5. The van der Waals surface area contributed by atoms with Gasteiger partial charge >= 0.3 is 0 Å². The molecule has 2 aromatic carbocycles. The predicted octanol–water partition coefficient (Wildman–Crippen LogP) is 3.94. The molecule has 1 aromatic heterocycles. The van der Waals surface area contributed by atoms with Crippen LogP contribution >= 0.6 is 0 Å². The molecule has 0 unspecified atom stereocenters. The number of anilines is 4. The fourth-order valence-electron chi connectivity index (χ4n) is 4.57. The summed E-state index contributed by atoms with van der Waals surface area (Å²) in [5.41, 5.74) is 7.83. The zero-order chi connectivity index (χ0) is 28.5. The van der Waals surface area contributed by atoms with Gasteiger partial charge in [0, 0.05) is 37.4 Å². The quantitative estimate of drug-likeness (QED) is 0.153. The van der Waals surface area contributed by atoms with E-state index >= 15 is 0 Å². The zero-order valence-corrected chi connectivity index (χ0v) is 23.6. The third kappa shape index (κ3) is 10.9. The molecule has 1 aliphatic carbocycles. The molecule has 41 heavy (non-hydrogen) atoms. The van der Waals surface area contributed by atoms with Gasteiger partial charge in [0.15, 0.2) is 0 Å². The highest BCUT2D eigenvalue weighted by Crippen LogP contribution is 2.24. The van der Waals surface area contributed by atoms with Crippen molar-refractivity contribution >= 4 is 29.4 Å². The lowest BCUT2D eigenvalue weighted by Gasteiger charge is -2.21. The van der Waals surface area contributed by atoms with Crippen molar-refractivity contribution in [3.63, 3.8) is 0 Å². The van der Waals surface area contributed by atoms with E-state index in [-0.39, 0.29) is 5.91 Å². The molecule has 4 rings (SSSR count). The monoisotopic (exact) mass is 562 g/mol. The number of benzene rings is 2. The van der Waals surface area contributed by atoms with Gasteiger partial charge in [-0.3, -0.25) is 4.79 Å². The van der Waals surface area contributed by atoms with Crippen LogP contribution in [0.25, 0.3) is 0 Å². The highest BCUT2D eigenvalue weighted by molar-refractivity contribution is 5.94. The van der Waals surface area contributed by atoms with E-state index in [1.54, 1.807) is 12.1 Å². The Balaban J connectivity index is 1.32. The van der Waals surface area contributed by atoms with Crippen LogP contribution in [0.4, 0.5) is 23.5 Å². The molecular weight excluding hydrogens is 520 g/mol. The number of nitrogens with one attached hydrogen (secondary N) is 4. The van der Waals surface area contributed by atoms with Crippen molar-refractivity contribution in [3.05, 3.63) is 65.7 Å². The summed E-state index contributed by atoms with van der Waals surface area (Å²) in [7, 11) is 0. The van der Waals surface area contributed by atoms with Crippen LogP contribution in [0.1, 0.15) is 48.0 Å². The smallest absolute Gasteiger partial charge is 0.251 e. The van der Waals surface area contributed by atoms with Gasteiger partial charge < -0.3 is 36.5 Å². The van der Waals surface area contributed by atoms with E-state index < -0.39 is 0 Å². The van der Waals surface area contributed by atoms with Crippen LogP contribution in [0.5, 0.6) is 0 Å². The van der Waals surface area contributed by atoms with E-state index in [4.69, 9.17) is 15.2 Å². The fraction of sp³-hybridized carbons (Fsp3) is 0.467. The van der Waals surface area contributed by atoms with Crippen LogP contribution in [-0.4, -0.2) is 66.9 Å². The minimum Gasteiger partial charge on any atom is -0.378 e. The molecule has 1 fully saturated rings. The number of carbonyl (C=O) groups is 1. The molecule has 3 aromatic rings. The molecule has 0 aliphatic heterocycles. The van der Waals surface area contributed by atoms with Crippen molar-refractivity contribution in [1.82, 2.24) is 20.3 Å². The normalized spacial score (nSPS) is 13.5. The Morgan fingerprint density at radius 3 is 2.22 bits per heavy atom. The minimum absolute atomic E-state index is 0.165. The third-order valence-electron chi connectivity index (χ3n) is 6.77. The number of amides is 1. The lowest BCUT2D eigenvalue weighted by molar-refractivity contribution is 0.0511. The summed E-state index contributed by atoms with van der Waals surface area (Å²) in [5.74, 6) is 1.92. The Labute approximate surface area is 242 Å². The summed E-state index contributed by atoms with van der Waals surface area (Å²) in [5, 5.41) is 12.9. The van der Waals surface area contributed by atoms with Crippen molar-refractivity contribution in [3.8, 4) is 0 Å². The van der Waals surface area contributed by atoms with E-state index in [9.17, 15) is 4.79 Å². The number of hydrogen-bond acceptors (Lipinski definition) is 10. The molecule has 11 heteroatoms. The first-order valence-electron chi connectivity index (χ1n) is 14.5. The van der Waals surface area contributed by atoms with Gasteiger partial charge in [0.05, 0.1) is 26.4 Å². The first kappa shape index (κ1) is 30.2. The van der Waals surface area contributed by atoms with Crippen molar-refractivity contribution < 1.29 is 14.3 Å². The summed E-state index contributed by atoms with van der Waals surface area (Å²) < 4.78 is 10.7. The first-order valence-corrected chi connectivity index (χ1v) is 14.5. The van der Waals surface area contributed by atoms with Crippen molar-refractivity contribution in [2.75, 3.05) is 62.0 Å². The standard InChI is InChI=1S/C30H42N8O3/c31-15-17-40-19-20-41-18-16-32-27(39)25-11-13-26(14-12-25)35-30-37-28(33-21-23-7-3-1-4-8-23)36-29(38-30)34-22-24-9-5-2-6-10-24/h1,3-4,7-8,11-14,24H,2,5-6,9-10,15-22,31H2,(H,32,39)(H3,33,34,35,36,37,38). The van der Waals surface area contributed by atoms with Gasteiger partial charge in [-0.2, -0.15) is 15.0 Å². The zero-order valence-electron chi connectivity index (χ0n) is 23.6. The second-order valence-electron chi connectivity index (χ2n) is 10.0. The topological polar surface area (TPSA) is 148 Å². The van der Waals surface area contributed by atoms with Crippen LogP contribution in [0.2, 0.25) is 0 Å². The van der Waals surface area contributed by atoms with Gasteiger partial charge in [-0.25, -0.2) is 0 Å². The lowest BCUT2D eigenvalue weighted by atomic mass is 9.89. The Bertz CT molecular complexity index is 1170. The van der Waals surface area contributed by atoms with Crippen LogP contribution < -0.4 is 27.0 Å². The summed E-state index contributed by atoms with van der Waals surface area (Å²) in [6.45, 7) is 4.24. The summed E-state index contributed by atoms with van der Waals surface area (Å²) in [6, 6.07) is 17.3. The SMILES string of the molecule is NCCOCCOCCNC(=O)c1ccc(Nc2nc(NCc3ccccc3)nc(NCC3CCCCC3)n2)cc1. The van der Waals surface area contributed by atoms with Crippen LogP contribution in [0.15, 0.2) is 54.6 Å². The molecule has 1 saturated carbocycles. The molecule has 1 amide bonds. The van der Waals surface area contributed by atoms with Gasteiger partial charge in [-0.1, -0.05) is 49.6 Å². The second-order valence-corrected chi connectivity index (χ2v) is 10.0. The average Bonchev–Trinajstić information content (AvgIpc) is 3.01. The molecule has 1 heterocycles. The van der Waals surface area contributed by atoms with Crippen LogP contribution in [0.3, 0.4) is 0 Å². The van der Waals surface area contributed by atoms with Crippen molar-refractivity contribution in [2.45, 2.75) is 38.6 Å². The van der Waals surface area contributed by atoms with Gasteiger partial charge in [0.1, 0.15) is 0 Å². The number of ether oxygens (including phenoxy) is 2. The molecule has 0 spiro atoms. The van der Waals surface area contributed by atoms with Crippen LogP contribution in [-0.2, 0) is 16.0 Å². The fourth-order valence-corrected chi connectivity index (χ4v) is 4.57. The number of rotatable bonds is 17. The number of nitrogens with two attached hydrogens (primary N) is 1. The number of hydrogen-bond donors (Lipinski definition) is 5. The van der Waals surface area contributed by atoms with E-state index in [1.165, 1.54) is 32.1 Å². The second kappa shape index (κ2) is 17.1. The Kier molecular flexibility index (Phi) is 12.6. The van der Waals surface area contributed by atoms with Gasteiger partial charge in [-0.05, 0) is 48.6 Å². The lowest BCUT2D eigenvalue weighted by Crippen LogP contribution is -2.27. The third-order valence-corrected chi connectivity index (χ3v) is 6.77. The van der Waals surface area contributed by atoms with E-state index in [1.807, 2.05) is 30.3 Å². The molecular formula is C30H42N8O3. The summed E-state index contributed by atoms with van der Waals surface area (Å²) in [6.07, 6.45) is 6.36. The molecule has 6 N–H and O–H groups in total. The number of carbonyl (C=O) groups excluding carboxylic acids is 1. The Morgan fingerprint density at radius 2 is 1.49 bits per heavy atom. The van der Waals surface area contributed by atoms with Gasteiger partial charge in [0.2, 0.25) is 17.8 Å². The predicted molar refractivity (Wildman–Crippen MR) is 161 cm³/mol. The maximum atomic E-state index is 12.5.